The molecule has 4 heterocycles. The smallest absolute Gasteiger partial charge is 0.0506 e. The fraction of sp³-hybridized carbons (Fsp3) is 0.448. The Labute approximate surface area is 199 Å². The molecule has 33 heavy (non-hydrogen) atoms. The van der Waals surface area contributed by atoms with Gasteiger partial charge in [0.15, 0.2) is 0 Å². The lowest BCUT2D eigenvalue weighted by Crippen LogP contribution is -2.44. The molecule has 4 aromatic rings. The van der Waals surface area contributed by atoms with Crippen LogP contribution in [0.15, 0.2) is 60.9 Å². The Kier molecular flexibility index (Phi) is 7.26. The van der Waals surface area contributed by atoms with E-state index in [9.17, 15) is 0 Å². The third-order valence-electron chi connectivity index (χ3n) is 7.70. The van der Waals surface area contributed by atoms with Gasteiger partial charge in [0.05, 0.1) is 6.67 Å². The Balaban J connectivity index is 0.00000130. The molecule has 176 valence electrons. The molecule has 2 aromatic heterocycles. The summed E-state index contributed by atoms with van der Waals surface area (Å²) in [4.78, 5) is 12.3. The van der Waals surface area contributed by atoms with Gasteiger partial charge >= 0.3 is 0 Å². The van der Waals surface area contributed by atoms with E-state index in [2.05, 4.69) is 80.7 Å². The molecular formula is C29H40N4. The summed E-state index contributed by atoms with van der Waals surface area (Å²) in [5.74, 6) is 1.39. The second-order valence-electron chi connectivity index (χ2n) is 9.51. The highest BCUT2D eigenvalue weighted by molar-refractivity contribution is 5.84. The monoisotopic (exact) mass is 444 g/mol. The average Bonchev–Trinajstić information content (AvgIpc) is 3.45. The van der Waals surface area contributed by atoms with Crippen molar-refractivity contribution in [1.82, 2.24) is 19.8 Å². The molecule has 0 amide bonds. The van der Waals surface area contributed by atoms with Gasteiger partial charge in [0.2, 0.25) is 0 Å². The Bertz CT molecular complexity index is 1060. The number of nitrogens with zero attached hydrogens (tertiary/aromatic N) is 2. The average molecular weight is 445 g/mol. The van der Waals surface area contributed by atoms with E-state index in [1.807, 2.05) is 0 Å². The van der Waals surface area contributed by atoms with E-state index in [0.29, 0.717) is 11.8 Å². The summed E-state index contributed by atoms with van der Waals surface area (Å²) in [6.07, 6.45) is 9.59. The molecule has 4 heteroatoms. The molecule has 6 rings (SSSR count). The molecule has 2 fully saturated rings. The predicted molar refractivity (Wildman–Crippen MR) is 142 cm³/mol. The first kappa shape index (κ1) is 23.6. The molecule has 0 bridgehead atoms. The third-order valence-corrected chi connectivity index (χ3v) is 7.70. The minimum Gasteiger partial charge on any atom is -0.361 e. The molecule has 0 aliphatic carbocycles. The second-order valence-corrected chi connectivity index (χ2v) is 9.51. The maximum Gasteiger partial charge on any atom is 0.0506 e. The first-order chi connectivity index (χ1) is 15.3. The summed E-state index contributed by atoms with van der Waals surface area (Å²) in [6, 6.07) is 17.5. The predicted octanol–water partition coefficient (Wildman–Crippen LogP) is 6.94. The van der Waals surface area contributed by atoms with Crippen LogP contribution in [0.3, 0.4) is 0 Å². The van der Waals surface area contributed by atoms with Gasteiger partial charge in [-0.3, -0.25) is 9.80 Å². The fourth-order valence-electron chi connectivity index (χ4n) is 5.92. The van der Waals surface area contributed by atoms with Gasteiger partial charge in [0.1, 0.15) is 0 Å². The lowest BCUT2D eigenvalue weighted by atomic mass is 9.88. The number of nitrogens with one attached hydrogen (secondary N) is 2. The van der Waals surface area contributed by atoms with Crippen LogP contribution in [0.25, 0.3) is 21.8 Å². The van der Waals surface area contributed by atoms with Gasteiger partial charge in [-0.25, -0.2) is 0 Å². The van der Waals surface area contributed by atoms with E-state index in [4.69, 9.17) is 0 Å². The van der Waals surface area contributed by atoms with Crippen LogP contribution in [-0.4, -0.2) is 52.6 Å². The maximum absolute atomic E-state index is 3.46. The maximum atomic E-state index is 3.46. The van der Waals surface area contributed by atoms with Crippen LogP contribution >= 0.6 is 0 Å². The summed E-state index contributed by atoms with van der Waals surface area (Å²) in [5.41, 5.74) is 5.60. The number of H-pyrrole nitrogens is 2. The second kappa shape index (κ2) is 10.1. The third kappa shape index (κ3) is 4.60. The van der Waals surface area contributed by atoms with Crippen LogP contribution in [-0.2, 0) is 0 Å². The van der Waals surface area contributed by atoms with Crippen molar-refractivity contribution in [3.8, 4) is 0 Å². The van der Waals surface area contributed by atoms with Crippen LogP contribution in [0.2, 0.25) is 0 Å². The quantitative estimate of drug-likeness (QED) is 0.358. The highest BCUT2D eigenvalue weighted by Crippen LogP contribution is 2.35. The summed E-state index contributed by atoms with van der Waals surface area (Å²) in [5, 5.41) is 2.83. The van der Waals surface area contributed by atoms with Crippen molar-refractivity contribution >= 4 is 21.8 Å². The molecule has 4 nitrogen and oxygen atoms in total. The van der Waals surface area contributed by atoms with Gasteiger partial charge < -0.3 is 9.97 Å². The molecule has 0 saturated carbocycles. The van der Waals surface area contributed by atoms with Gasteiger partial charge in [0, 0.05) is 34.2 Å². The highest BCUT2D eigenvalue weighted by atomic mass is 15.3. The van der Waals surface area contributed by atoms with Crippen LogP contribution in [0.5, 0.6) is 0 Å². The van der Waals surface area contributed by atoms with E-state index in [1.54, 1.807) is 0 Å². The number of aromatic amines is 2. The molecule has 0 spiro atoms. The highest BCUT2D eigenvalue weighted by Gasteiger charge is 2.27. The van der Waals surface area contributed by atoms with Gasteiger partial charge in [-0.1, -0.05) is 51.3 Å². The van der Waals surface area contributed by atoms with E-state index in [-0.39, 0.29) is 14.9 Å². The van der Waals surface area contributed by atoms with Crippen LogP contribution in [0.4, 0.5) is 0 Å². The van der Waals surface area contributed by atoms with E-state index >= 15 is 0 Å². The minimum atomic E-state index is 0. The molecule has 0 radical (unpaired) electrons. The molecule has 2 aromatic carbocycles. The Morgan fingerprint density at radius 1 is 0.606 bits per heavy atom. The topological polar surface area (TPSA) is 38.1 Å². The molecule has 2 saturated heterocycles. The summed E-state index contributed by atoms with van der Waals surface area (Å²) < 4.78 is 0. The van der Waals surface area contributed by atoms with Crippen LogP contribution in [0, 0.1) is 0 Å². The molecule has 0 atom stereocenters. The van der Waals surface area contributed by atoms with Crippen molar-refractivity contribution in [2.75, 3.05) is 32.8 Å². The molecular weight excluding hydrogens is 404 g/mol. The number of fused-ring (bicyclic) bond motifs is 2. The number of rotatable bonds is 4. The number of likely N-dealkylation sites (tertiary alicyclic amines) is 2. The standard InChI is InChI=1S/C27H32N4.2CH4/c1-3-7-26-22(5-1)24(17-28-26)20-9-13-30(14-10-20)19-31-15-11-21(12-16-31)25-18-29-27-8-4-2-6-23(25)27;;/h1-8,17-18,20-21,28-29H,9-16,19H2;2*1H4. The first-order valence-electron chi connectivity index (χ1n) is 11.9. The van der Waals surface area contributed by atoms with Crippen LogP contribution < -0.4 is 0 Å². The van der Waals surface area contributed by atoms with Crippen molar-refractivity contribution in [3.05, 3.63) is 72.1 Å². The largest absolute Gasteiger partial charge is 0.361 e. The van der Waals surface area contributed by atoms with E-state index in [1.165, 1.54) is 84.8 Å². The Morgan fingerprint density at radius 2 is 1.00 bits per heavy atom. The zero-order valence-electron chi connectivity index (χ0n) is 18.2. The van der Waals surface area contributed by atoms with E-state index < -0.39 is 0 Å². The Hall–Kier alpha value is -2.56. The van der Waals surface area contributed by atoms with Gasteiger partial charge in [-0.15, -0.1) is 0 Å². The van der Waals surface area contributed by atoms with Crippen molar-refractivity contribution in [3.63, 3.8) is 0 Å². The van der Waals surface area contributed by atoms with Gasteiger partial charge in [0.25, 0.3) is 0 Å². The number of aromatic nitrogens is 2. The zero-order chi connectivity index (χ0) is 20.6. The summed E-state index contributed by atoms with van der Waals surface area (Å²) in [7, 11) is 0. The molecule has 2 N–H and O–H groups in total. The van der Waals surface area contributed by atoms with Crippen molar-refractivity contribution in [2.24, 2.45) is 0 Å². The SMILES string of the molecule is C.C.c1ccc2c(C3CCN(CN4CCC(c5c[nH]c6ccccc56)CC4)CC3)c[nH]c2c1. The first-order valence-corrected chi connectivity index (χ1v) is 11.9. The fourth-order valence-corrected chi connectivity index (χ4v) is 5.92. The van der Waals surface area contributed by atoms with Gasteiger partial charge in [-0.2, -0.15) is 0 Å². The number of hydrogen-bond donors (Lipinski definition) is 2. The number of benzene rings is 2. The molecule has 0 unspecified atom stereocenters. The van der Waals surface area contributed by atoms with Gasteiger partial charge in [-0.05, 0) is 87.0 Å². The van der Waals surface area contributed by atoms with Crippen molar-refractivity contribution < 1.29 is 0 Å². The molecule has 2 aliphatic heterocycles. The summed E-state index contributed by atoms with van der Waals surface area (Å²) >= 11 is 0. The summed E-state index contributed by atoms with van der Waals surface area (Å²) in [6.45, 7) is 6.00. The molecule has 2 aliphatic rings. The lowest BCUT2D eigenvalue weighted by molar-refractivity contribution is 0.0881. The van der Waals surface area contributed by atoms with Crippen molar-refractivity contribution in [1.29, 1.82) is 0 Å². The number of para-hydroxylation sites is 2. The number of hydrogen-bond acceptors (Lipinski definition) is 2. The van der Waals surface area contributed by atoms with Crippen LogP contribution in [0.1, 0.15) is 63.5 Å². The minimum absolute atomic E-state index is 0. The lowest BCUT2D eigenvalue weighted by Gasteiger charge is -2.38. The number of piperidine rings is 2. The Morgan fingerprint density at radius 3 is 1.42 bits per heavy atom. The zero-order valence-corrected chi connectivity index (χ0v) is 18.2. The van der Waals surface area contributed by atoms with Crippen molar-refractivity contribution in [2.45, 2.75) is 52.4 Å². The normalized spacial score (nSPS) is 18.9. The van der Waals surface area contributed by atoms with E-state index in [0.717, 1.165) is 6.67 Å².